The van der Waals surface area contributed by atoms with Crippen LogP contribution in [-0.4, -0.2) is 41.1 Å². The van der Waals surface area contributed by atoms with Gasteiger partial charge in [0.2, 0.25) is 5.91 Å². The summed E-state index contributed by atoms with van der Waals surface area (Å²) in [5.74, 6) is -1.05. The molecule has 1 saturated heterocycles. The Hall–Kier alpha value is -1.88. The zero-order chi connectivity index (χ0) is 14.4. The lowest BCUT2D eigenvalue weighted by molar-refractivity contribution is -0.148. The minimum atomic E-state index is -0.916. The van der Waals surface area contributed by atoms with Gasteiger partial charge in [0.05, 0.1) is 19.6 Å². The average Bonchev–Trinajstić information content (AvgIpc) is 2.94. The van der Waals surface area contributed by atoms with Crippen LogP contribution in [0.25, 0.3) is 0 Å². The molecule has 108 valence electrons. The normalized spacial score (nSPS) is 18.2. The molecule has 1 aliphatic rings. The molecular weight excluding hydrogens is 258 g/mol. The summed E-state index contributed by atoms with van der Waals surface area (Å²) in [7, 11) is 0. The van der Waals surface area contributed by atoms with E-state index in [0.717, 1.165) is 12.0 Å². The third-order valence-corrected chi connectivity index (χ3v) is 3.43. The van der Waals surface area contributed by atoms with Gasteiger partial charge in [-0.25, -0.2) is 4.79 Å². The van der Waals surface area contributed by atoms with Crippen molar-refractivity contribution in [2.75, 3.05) is 13.2 Å². The van der Waals surface area contributed by atoms with E-state index >= 15 is 0 Å². The second-order valence-corrected chi connectivity index (χ2v) is 4.87. The van der Waals surface area contributed by atoms with E-state index in [2.05, 4.69) is 0 Å². The van der Waals surface area contributed by atoms with Crippen LogP contribution in [-0.2, 0) is 20.9 Å². The van der Waals surface area contributed by atoms with E-state index in [1.54, 1.807) is 0 Å². The first-order valence-electron chi connectivity index (χ1n) is 6.82. The number of carbonyl (C=O) groups excluding carboxylic acids is 1. The van der Waals surface area contributed by atoms with Crippen molar-refractivity contribution in [2.45, 2.75) is 31.9 Å². The largest absolute Gasteiger partial charge is 0.480 e. The summed E-state index contributed by atoms with van der Waals surface area (Å²) in [6.07, 6.45) is 1.54. The molecule has 1 aliphatic heterocycles. The standard InChI is InChI=1S/C15H19NO4/c17-14(16-9-4-7-13(16)15(18)19)8-10-20-11-12-5-2-1-3-6-12/h1-3,5-6,13H,4,7-11H2,(H,18,19)/t13-/m1/s1. The molecule has 1 atom stereocenters. The maximum absolute atomic E-state index is 12.0. The quantitative estimate of drug-likeness (QED) is 0.803. The topological polar surface area (TPSA) is 66.8 Å². The van der Waals surface area contributed by atoms with Crippen LogP contribution >= 0.6 is 0 Å². The number of hydrogen-bond acceptors (Lipinski definition) is 3. The number of nitrogens with zero attached hydrogens (tertiary/aromatic N) is 1. The SMILES string of the molecule is O=C(O)[C@H]1CCCN1C(=O)CCOCc1ccccc1. The first-order valence-corrected chi connectivity index (χ1v) is 6.82. The van der Waals surface area contributed by atoms with Gasteiger partial charge in [0.1, 0.15) is 6.04 Å². The van der Waals surface area contributed by atoms with Gasteiger partial charge in [-0.1, -0.05) is 30.3 Å². The summed E-state index contributed by atoms with van der Waals surface area (Å²) in [4.78, 5) is 24.4. The smallest absolute Gasteiger partial charge is 0.326 e. The fraction of sp³-hybridized carbons (Fsp3) is 0.467. The van der Waals surface area contributed by atoms with Crippen LogP contribution < -0.4 is 0 Å². The Kier molecular flexibility index (Phi) is 5.12. The number of aliphatic carboxylic acids is 1. The number of benzene rings is 1. The zero-order valence-corrected chi connectivity index (χ0v) is 11.3. The van der Waals surface area contributed by atoms with Crippen LogP contribution in [0.3, 0.4) is 0 Å². The predicted molar refractivity (Wildman–Crippen MR) is 73.1 cm³/mol. The van der Waals surface area contributed by atoms with E-state index in [1.165, 1.54) is 4.90 Å². The summed E-state index contributed by atoms with van der Waals surface area (Å²) in [5.41, 5.74) is 1.06. The number of hydrogen-bond donors (Lipinski definition) is 1. The molecule has 1 fully saturated rings. The molecule has 0 spiro atoms. The molecule has 0 saturated carbocycles. The Bertz CT molecular complexity index is 460. The predicted octanol–water partition coefficient (Wildman–Crippen LogP) is 1.67. The second-order valence-electron chi connectivity index (χ2n) is 4.87. The lowest BCUT2D eigenvalue weighted by atomic mass is 10.2. The van der Waals surface area contributed by atoms with Crippen LogP contribution in [0.2, 0.25) is 0 Å². The van der Waals surface area contributed by atoms with Crippen LogP contribution in [0.1, 0.15) is 24.8 Å². The highest BCUT2D eigenvalue weighted by Gasteiger charge is 2.33. The van der Waals surface area contributed by atoms with Crippen molar-refractivity contribution in [1.82, 2.24) is 4.90 Å². The Morgan fingerprint density at radius 1 is 1.30 bits per heavy atom. The van der Waals surface area contributed by atoms with E-state index in [1.807, 2.05) is 30.3 Å². The molecule has 5 heteroatoms. The minimum absolute atomic E-state index is 0.136. The Labute approximate surface area is 118 Å². The van der Waals surface area contributed by atoms with Crippen LogP contribution in [0, 0.1) is 0 Å². The van der Waals surface area contributed by atoms with Gasteiger partial charge in [0, 0.05) is 6.54 Å². The fourth-order valence-corrected chi connectivity index (χ4v) is 2.39. The van der Waals surface area contributed by atoms with Crippen molar-refractivity contribution in [3.8, 4) is 0 Å². The number of carboxylic acids is 1. The Morgan fingerprint density at radius 2 is 2.05 bits per heavy atom. The Balaban J connectivity index is 1.71. The van der Waals surface area contributed by atoms with Crippen molar-refractivity contribution in [2.24, 2.45) is 0 Å². The summed E-state index contributed by atoms with van der Waals surface area (Å²) < 4.78 is 5.45. The average molecular weight is 277 g/mol. The molecule has 5 nitrogen and oxygen atoms in total. The molecule has 1 aromatic carbocycles. The van der Waals surface area contributed by atoms with Gasteiger partial charge in [-0.05, 0) is 18.4 Å². The molecule has 0 aliphatic carbocycles. The molecule has 0 aromatic heterocycles. The van der Waals surface area contributed by atoms with Gasteiger partial charge in [-0.2, -0.15) is 0 Å². The molecule has 0 radical (unpaired) electrons. The molecule has 0 unspecified atom stereocenters. The fourth-order valence-electron chi connectivity index (χ4n) is 2.39. The highest BCUT2D eigenvalue weighted by Crippen LogP contribution is 2.18. The van der Waals surface area contributed by atoms with E-state index < -0.39 is 12.0 Å². The monoisotopic (exact) mass is 277 g/mol. The van der Waals surface area contributed by atoms with Gasteiger partial charge in [0.15, 0.2) is 0 Å². The van der Waals surface area contributed by atoms with Gasteiger partial charge in [-0.3, -0.25) is 4.79 Å². The van der Waals surface area contributed by atoms with Crippen LogP contribution in [0.15, 0.2) is 30.3 Å². The minimum Gasteiger partial charge on any atom is -0.480 e. The molecular formula is C15H19NO4. The third-order valence-electron chi connectivity index (χ3n) is 3.43. The highest BCUT2D eigenvalue weighted by molar-refractivity contribution is 5.84. The van der Waals surface area contributed by atoms with Crippen molar-refractivity contribution < 1.29 is 19.4 Å². The molecule has 1 heterocycles. The number of carbonyl (C=O) groups is 2. The van der Waals surface area contributed by atoms with Gasteiger partial charge in [0.25, 0.3) is 0 Å². The third kappa shape index (κ3) is 3.81. The maximum Gasteiger partial charge on any atom is 0.326 e. The van der Waals surface area contributed by atoms with Crippen molar-refractivity contribution >= 4 is 11.9 Å². The summed E-state index contributed by atoms with van der Waals surface area (Å²) in [5, 5.41) is 9.03. The lowest BCUT2D eigenvalue weighted by Crippen LogP contribution is -2.40. The highest BCUT2D eigenvalue weighted by atomic mass is 16.5. The molecule has 0 bridgehead atoms. The van der Waals surface area contributed by atoms with E-state index in [4.69, 9.17) is 9.84 Å². The zero-order valence-electron chi connectivity index (χ0n) is 11.3. The van der Waals surface area contributed by atoms with Gasteiger partial charge < -0.3 is 14.7 Å². The maximum atomic E-state index is 12.0. The summed E-state index contributed by atoms with van der Waals surface area (Å²) in [6.45, 7) is 1.32. The van der Waals surface area contributed by atoms with E-state index in [-0.39, 0.29) is 12.3 Å². The van der Waals surface area contributed by atoms with Crippen molar-refractivity contribution in [3.05, 3.63) is 35.9 Å². The number of amides is 1. The summed E-state index contributed by atoms with van der Waals surface area (Å²) >= 11 is 0. The van der Waals surface area contributed by atoms with Gasteiger partial charge >= 0.3 is 5.97 Å². The first-order chi connectivity index (χ1) is 9.68. The van der Waals surface area contributed by atoms with Gasteiger partial charge in [-0.15, -0.1) is 0 Å². The number of likely N-dealkylation sites (tertiary alicyclic amines) is 1. The Morgan fingerprint density at radius 3 is 2.75 bits per heavy atom. The van der Waals surface area contributed by atoms with E-state index in [9.17, 15) is 9.59 Å². The first kappa shape index (κ1) is 14.5. The lowest BCUT2D eigenvalue weighted by Gasteiger charge is -2.21. The van der Waals surface area contributed by atoms with Crippen molar-refractivity contribution in [3.63, 3.8) is 0 Å². The summed E-state index contributed by atoms with van der Waals surface area (Å²) in [6, 6.07) is 9.08. The number of carboxylic acid groups (broad SMARTS) is 1. The van der Waals surface area contributed by atoms with Crippen LogP contribution in [0.4, 0.5) is 0 Å². The van der Waals surface area contributed by atoms with Crippen molar-refractivity contribution in [1.29, 1.82) is 0 Å². The molecule has 20 heavy (non-hydrogen) atoms. The molecule has 1 amide bonds. The second kappa shape index (κ2) is 7.05. The molecule has 1 N–H and O–H groups in total. The van der Waals surface area contributed by atoms with E-state index in [0.29, 0.717) is 26.2 Å². The number of ether oxygens (including phenoxy) is 1. The molecule has 1 aromatic rings. The molecule has 2 rings (SSSR count). The van der Waals surface area contributed by atoms with Crippen LogP contribution in [0.5, 0.6) is 0 Å². The number of rotatable bonds is 6.